The Hall–Kier alpha value is -2.72. The van der Waals surface area contributed by atoms with Crippen LogP contribution in [0, 0.1) is 50.2 Å². The number of esters is 1. The van der Waals surface area contributed by atoms with Crippen molar-refractivity contribution in [2.75, 3.05) is 33.0 Å². The summed E-state index contributed by atoms with van der Waals surface area (Å²) in [6.07, 6.45) is -61.3. The van der Waals surface area contributed by atoms with Crippen LogP contribution in [-0.4, -0.2) is 386 Å². The maximum atomic E-state index is 16.1. The maximum absolute atomic E-state index is 16.1. The molecule has 0 radical (unpaired) electrons. The highest BCUT2D eigenvalue weighted by Gasteiger charge is 2.73. The van der Waals surface area contributed by atoms with Gasteiger partial charge in [0.25, 0.3) is 0 Å². The van der Waals surface area contributed by atoms with Gasteiger partial charge in [-0.05, 0) is 116 Å². The zero-order chi connectivity index (χ0) is 82.3. The molecule has 5 aliphatic carbocycles. The first-order chi connectivity index (χ1) is 53.0. The van der Waals surface area contributed by atoms with Crippen molar-refractivity contribution in [3.8, 4) is 0 Å². The highest BCUT2D eigenvalue weighted by molar-refractivity contribution is 5.80. The van der Waals surface area contributed by atoms with Crippen LogP contribution in [0.3, 0.4) is 0 Å². The van der Waals surface area contributed by atoms with E-state index in [1.54, 1.807) is 0 Å². The van der Waals surface area contributed by atoms with Gasteiger partial charge in [0.1, 0.15) is 152 Å². The summed E-state index contributed by atoms with van der Waals surface area (Å²) in [5.41, 5.74) is -3.98. The molecule has 0 spiro atoms. The second kappa shape index (κ2) is 33.3. The fourth-order valence-corrected chi connectivity index (χ4v) is 21.3. The molecule has 0 amide bonds. The number of aliphatic carboxylic acids is 1. The van der Waals surface area contributed by atoms with Crippen LogP contribution in [0.25, 0.3) is 0 Å². The van der Waals surface area contributed by atoms with Crippen LogP contribution in [0.15, 0.2) is 11.6 Å². The van der Waals surface area contributed by atoms with Gasteiger partial charge in [0.05, 0.1) is 57.5 Å². The van der Waals surface area contributed by atoms with Crippen LogP contribution in [0.2, 0.25) is 0 Å². The molecule has 0 aromatic carbocycles. The second-order valence-electron chi connectivity index (χ2n) is 35.8. The zero-order valence-corrected chi connectivity index (χ0v) is 64.4. The monoisotopic (exact) mass is 1630 g/mol. The Labute approximate surface area is 650 Å². The summed E-state index contributed by atoms with van der Waals surface area (Å²) in [4.78, 5) is 29.2. The molecular weight excluding hydrogens is 1510 g/mol. The Morgan fingerprint density at radius 2 is 0.929 bits per heavy atom. The van der Waals surface area contributed by atoms with Gasteiger partial charge in [0.2, 0.25) is 6.29 Å². The minimum Gasteiger partial charge on any atom is -0.479 e. The Balaban J connectivity index is 0.760. The van der Waals surface area contributed by atoms with Crippen molar-refractivity contribution < 1.29 is 193 Å². The first kappa shape index (κ1) is 88.1. The summed E-state index contributed by atoms with van der Waals surface area (Å²) in [6, 6.07) is 0. The lowest BCUT2D eigenvalue weighted by molar-refractivity contribution is -0.392. The fourth-order valence-electron chi connectivity index (χ4n) is 21.3. The first-order valence-corrected chi connectivity index (χ1v) is 39.3. The molecule has 0 bridgehead atoms. The number of aliphatic hydroxyl groups is 20. The predicted octanol–water partition coefficient (Wildman–Crippen LogP) is -7.06. The largest absolute Gasteiger partial charge is 0.479 e. The van der Waals surface area contributed by atoms with Gasteiger partial charge in [-0.2, -0.15) is 0 Å². The topological polar surface area (TPSA) is 607 Å². The molecule has 39 nitrogen and oxygen atoms in total. The van der Waals surface area contributed by atoms with E-state index in [0.29, 0.717) is 38.5 Å². The zero-order valence-electron chi connectivity index (χ0n) is 64.4. The molecule has 12 fully saturated rings. The molecule has 113 heavy (non-hydrogen) atoms. The lowest BCUT2D eigenvalue weighted by Crippen LogP contribution is -2.69. The van der Waals surface area contributed by atoms with Crippen molar-refractivity contribution in [1.82, 2.24) is 0 Å². The summed E-state index contributed by atoms with van der Waals surface area (Å²) >= 11 is 0. The fraction of sp³-hybridized carbons (Fsp3) is 0.946. The SMILES string of the molecule is C[C@@H]1O[C@H](O[C@H]2[C@@H](O[C@H]3O[C@H](C)[C@@H](O[C@H]4OC[C@H](O)[C@H](O[C@@H]5OC[C@H](O)[C@H](O)[C@@H]5O)[C@@H]4O)[C@@H](O)[C@H]3O)[C@@H](OC(=O)[C@]34CCC(C)(C)C[C@H]3C3=CC[C@H]5[C@]6(C)CC[C@@H](O[C@@H]7O[C@H](C(=O)O)[C@@H](O)[C@H](O[C@@H]8OC[C@H](O)[C@H](O)[C@@H]8O)[C@H]7O[C@@H]7O[C@@H](CO)[C@@H](O)[C@@H](O)[C@@H]7O)C(C)(C)[C@H]6CC[C@@]5(C)[C@@]3(C)C[C@@H]4O)OC[C@H]2O)[C@@H](O)[C@H](O)[C@H]1O. The number of carbonyl (C=O) groups excluding carboxylic acids is 1. The van der Waals surface area contributed by atoms with Crippen molar-refractivity contribution in [3.05, 3.63) is 11.6 Å². The molecule has 13 rings (SSSR count). The molecule has 8 heterocycles. The van der Waals surface area contributed by atoms with Gasteiger partial charge in [0, 0.05) is 0 Å². The van der Waals surface area contributed by atoms with E-state index in [1.165, 1.54) is 13.8 Å². The minimum atomic E-state index is -2.17. The van der Waals surface area contributed by atoms with Gasteiger partial charge in [-0.1, -0.05) is 60.1 Å². The van der Waals surface area contributed by atoms with Crippen molar-refractivity contribution in [2.24, 2.45) is 50.2 Å². The number of aliphatic hydroxyl groups excluding tert-OH is 20. The van der Waals surface area contributed by atoms with Crippen molar-refractivity contribution in [2.45, 2.75) is 354 Å². The van der Waals surface area contributed by atoms with Crippen LogP contribution in [-0.2, 0) is 85.4 Å². The van der Waals surface area contributed by atoms with Crippen LogP contribution in [0.5, 0.6) is 0 Å². The third-order valence-electron chi connectivity index (χ3n) is 28.2. The van der Waals surface area contributed by atoms with Gasteiger partial charge < -0.3 is 183 Å². The van der Waals surface area contributed by atoms with E-state index in [2.05, 4.69) is 40.7 Å². The standard InChI is InChI=1S/C74H118O39/c1-25-38(81)42(85)47(90)63(102-25)108-54-32(79)24-101-66(57(54)111-64-49(92)44(87)52(26(2)103-64)106-62-51(94)53(31(78)23-100-62)107-60-45(88)39(82)29(76)21-98-60)113-68(97)74-17-16-69(3,4)18-28(74)27-10-11-35-71(7)14-13-37(70(5,6)34(71)12-15-72(35,8)73(27,9)19-36(74)80)105-67-58(112-65-48(91)43(86)41(84)33(20-75)104-65)55(50(93)56(110-67)59(95)96)109-61-46(89)40(83)30(77)22-99-61/h10,25-26,28-58,60-67,75-94H,11-24H2,1-9H3,(H,95,96)/t25-,26+,28-,29-,30-,31-,32+,33-,34+,35-,36-,37+,38-,39-,40-,41+,42+,43+,44-,45-,46-,47-,48-,49+,50-,51-,52+,53-,54+,55-,56-,57+,58+,60-,61-,62+,63+,64+,65-,66+,67+,71+,72+,73-,74+/m0/s1. The number of hydrogen-bond acceptors (Lipinski definition) is 38. The molecular formula is C74H118O39. The summed E-state index contributed by atoms with van der Waals surface area (Å²) in [6.45, 7) is 14.4. The predicted molar refractivity (Wildman–Crippen MR) is 368 cm³/mol. The number of fused-ring (bicyclic) bond motifs is 7. The molecule has 4 saturated carbocycles. The Morgan fingerprint density at radius 3 is 1.53 bits per heavy atom. The van der Waals surface area contributed by atoms with E-state index in [9.17, 15) is 112 Å². The van der Waals surface area contributed by atoms with Crippen LogP contribution in [0.1, 0.15) is 120 Å². The van der Waals surface area contributed by atoms with Gasteiger partial charge >= 0.3 is 11.9 Å². The molecule has 0 aromatic heterocycles. The van der Waals surface area contributed by atoms with E-state index >= 15 is 4.79 Å². The van der Waals surface area contributed by atoms with E-state index in [0.717, 1.165) is 5.57 Å². The first-order valence-electron chi connectivity index (χ1n) is 39.3. The van der Waals surface area contributed by atoms with E-state index in [-0.39, 0.29) is 31.1 Å². The highest BCUT2D eigenvalue weighted by atomic mass is 16.8. The number of ether oxygens (including phenoxy) is 16. The Morgan fingerprint density at radius 1 is 0.434 bits per heavy atom. The molecule has 39 heteroatoms. The average Bonchev–Trinajstić information content (AvgIpc) is 0.670. The smallest absolute Gasteiger partial charge is 0.335 e. The number of carbonyl (C=O) groups is 2. The molecule has 21 N–H and O–H groups in total. The number of allylic oxidation sites excluding steroid dienone is 2. The van der Waals surface area contributed by atoms with E-state index in [1.807, 2.05) is 13.8 Å². The van der Waals surface area contributed by atoms with Crippen molar-refractivity contribution in [1.29, 1.82) is 0 Å². The molecule has 8 aliphatic heterocycles. The quantitative estimate of drug-likeness (QED) is 0.0344. The van der Waals surface area contributed by atoms with E-state index < -0.39 is 317 Å². The summed E-state index contributed by atoms with van der Waals surface area (Å²) in [7, 11) is 0. The average molecular weight is 1630 g/mol. The summed E-state index contributed by atoms with van der Waals surface area (Å²) < 4.78 is 96.8. The number of carboxylic acid groups (broad SMARTS) is 1. The van der Waals surface area contributed by atoms with Gasteiger partial charge in [0.15, 0.2) is 56.2 Å². The van der Waals surface area contributed by atoms with Crippen LogP contribution < -0.4 is 0 Å². The molecule has 8 saturated heterocycles. The third kappa shape index (κ3) is 15.6. The van der Waals surface area contributed by atoms with E-state index in [4.69, 9.17) is 75.8 Å². The van der Waals surface area contributed by atoms with Gasteiger partial charge in [-0.25, -0.2) is 4.79 Å². The lowest BCUT2D eigenvalue weighted by Gasteiger charge is -2.72. The minimum absolute atomic E-state index is 0.0512. The van der Waals surface area contributed by atoms with Gasteiger partial charge in [-0.15, -0.1) is 0 Å². The number of carboxylic acids is 1. The molecule has 0 unspecified atom stereocenters. The molecule has 45 atom stereocenters. The Bertz CT molecular complexity index is 3300. The normalized spacial score (nSPS) is 54.7. The lowest BCUT2D eigenvalue weighted by atomic mass is 9.33. The summed E-state index contributed by atoms with van der Waals surface area (Å²) in [5.74, 6) is -3.61. The molecule has 648 valence electrons. The number of rotatable bonds is 18. The highest BCUT2D eigenvalue weighted by Crippen LogP contribution is 2.76. The summed E-state index contributed by atoms with van der Waals surface area (Å²) in [5, 5.41) is 233. The maximum Gasteiger partial charge on any atom is 0.335 e. The molecule has 13 aliphatic rings. The Kier molecular flexibility index (Phi) is 25.9. The van der Waals surface area contributed by atoms with Crippen LogP contribution in [0.4, 0.5) is 0 Å². The van der Waals surface area contributed by atoms with Crippen molar-refractivity contribution >= 4 is 11.9 Å². The number of hydrogen-bond donors (Lipinski definition) is 21. The third-order valence-corrected chi connectivity index (χ3v) is 28.2. The molecule has 0 aromatic rings. The van der Waals surface area contributed by atoms with Crippen LogP contribution >= 0.6 is 0 Å². The second-order valence-corrected chi connectivity index (χ2v) is 35.8. The van der Waals surface area contributed by atoms with Crippen molar-refractivity contribution in [3.63, 3.8) is 0 Å². The van der Waals surface area contributed by atoms with Gasteiger partial charge in [-0.3, -0.25) is 4.79 Å².